The molecule has 0 radical (unpaired) electrons. The molecule has 1 heterocycles. The van der Waals surface area contributed by atoms with E-state index in [1.807, 2.05) is 25.1 Å². The highest BCUT2D eigenvalue weighted by Gasteiger charge is 2.37. The Morgan fingerprint density at radius 3 is 1.91 bits per heavy atom. The van der Waals surface area contributed by atoms with Gasteiger partial charge in [-0.1, -0.05) is 23.8 Å². The largest absolute Gasteiger partial charge is 0.493 e. The van der Waals surface area contributed by atoms with Gasteiger partial charge < -0.3 is 24.4 Å². The number of hydrazine groups is 1. The highest BCUT2D eigenvalue weighted by atomic mass is 32.2. The van der Waals surface area contributed by atoms with Crippen molar-refractivity contribution in [1.82, 2.24) is 9.84 Å². The first kappa shape index (κ1) is 24.4. The fourth-order valence-corrected chi connectivity index (χ4v) is 5.32. The topological polar surface area (TPSA) is 86.3 Å². The molecule has 0 fully saturated rings. The van der Waals surface area contributed by atoms with Crippen molar-refractivity contribution in [2.45, 2.75) is 17.9 Å². The van der Waals surface area contributed by atoms with E-state index >= 15 is 0 Å². The Balaban J connectivity index is 1.82. The lowest BCUT2D eigenvalue weighted by atomic mass is 10.0. The third-order valence-corrected chi connectivity index (χ3v) is 7.53. The third kappa shape index (κ3) is 4.65. The second kappa shape index (κ2) is 9.89. The second-order valence-electron chi connectivity index (χ2n) is 7.94. The number of ether oxygens (including phenoxy) is 4. The van der Waals surface area contributed by atoms with Gasteiger partial charge in [-0.25, -0.2) is 8.42 Å². The van der Waals surface area contributed by atoms with Gasteiger partial charge in [0.1, 0.15) is 0 Å². The van der Waals surface area contributed by atoms with E-state index in [0.717, 1.165) is 11.1 Å². The maximum atomic E-state index is 13.7. The molecule has 1 aliphatic heterocycles. The van der Waals surface area contributed by atoms with Gasteiger partial charge in [-0.15, -0.1) is 4.41 Å². The average Bonchev–Trinajstić information content (AvgIpc) is 3.34. The molecule has 0 saturated heterocycles. The number of hydrogen-bond donors (Lipinski definition) is 1. The lowest BCUT2D eigenvalue weighted by molar-refractivity contribution is 0.340. The van der Waals surface area contributed by atoms with E-state index in [-0.39, 0.29) is 4.90 Å². The van der Waals surface area contributed by atoms with Crippen molar-refractivity contribution in [3.8, 4) is 23.0 Å². The summed E-state index contributed by atoms with van der Waals surface area (Å²) in [5.74, 6) is 2.18. The molecule has 0 unspecified atom stereocenters. The van der Waals surface area contributed by atoms with Gasteiger partial charge in [0.05, 0.1) is 45.1 Å². The van der Waals surface area contributed by atoms with Crippen LogP contribution < -0.4 is 24.4 Å². The maximum Gasteiger partial charge on any atom is 0.260 e. The van der Waals surface area contributed by atoms with Crippen molar-refractivity contribution < 1.29 is 27.4 Å². The molecule has 184 valence electrons. The summed E-state index contributed by atoms with van der Waals surface area (Å²) in [7, 11) is 2.30. The highest BCUT2D eigenvalue weighted by Crippen LogP contribution is 2.40. The molecule has 3 aromatic rings. The van der Waals surface area contributed by atoms with E-state index in [1.54, 1.807) is 77.0 Å². The molecule has 0 bridgehead atoms. The Morgan fingerprint density at radius 2 is 1.31 bits per heavy atom. The number of hydrogen-bond acceptors (Lipinski definition) is 7. The summed E-state index contributed by atoms with van der Waals surface area (Å²) in [4.78, 5) is 0.183. The fraction of sp³-hybridized carbons (Fsp3) is 0.231. The zero-order valence-corrected chi connectivity index (χ0v) is 21.0. The van der Waals surface area contributed by atoms with Gasteiger partial charge in [0.25, 0.3) is 10.0 Å². The lowest BCUT2D eigenvalue weighted by Gasteiger charge is -2.25. The molecule has 3 aromatic carbocycles. The van der Waals surface area contributed by atoms with Gasteiger partial charge in [-0.05, 0) is 61.0 Å². The molecule has 8 nitrogen and oxygen atoms in total. The van der Waals surface area contributed by atoms with E-state index in [1.165, 1.54) is 4.41 Å². The first-order chi connectivity index (χ1) is 16.8. The molecule has 0 spiro atoms. The number of nitrogens with one attached hydrogen (secondary N) is 1. The van der Waals surface area contributed by atoms with E-state index in [4.69, 9.17) is 18.9 Å². The van der Waals surface area contributed by atoms with E-state index in [2.05, 4.69) is 5.43 Å². The molecule has 9 heteroatoms. The predicted octanol–water partition coefficient (Wildman–Crippen LogP) is 4.32. The maximum absolute atomic E-state index is 13.7. The van der Waals surface area contributed by atoms with Gasteiger partial charge in [-0.3, -0.25) is 0 Å². The van der Waals surface area contributed by atoms with Crippen molar-refractivity contribution in [1.29, 1.82) is 0 Å². The summed E-state index contributed by atoms with van der Waals surface area (Å²) >= 11 is 0. The number of benzene rings is 3. The van der Waals surface area contributed by atoms with Crippen LogP contribution in [0.15, 0.2) is 71.6 Å². The van der Waals surface area contributed by atoms with Crippen LogP contribution in [0.3, 0.4) is 0 Å². The SMILES string of the molecule is COc1ccc(C2=C[C@@H](c3ccc(OC)c(OC)c3)N(S(=O)(=O)c3ccc(C)cc3)N2)cc1OC. The van der Waals surface area contributed by atoms with Crippen molar-refractivity contribution in [2.24, 2.45) is 0 Å². The first-order valence-corrected chi connectivity index (χ1v) is 12.3. The molecule has 0 aromatic heterocycles. The normalized spacial score (nSPS) is 15.8. The van der Waals surface area contributed by atoms with Crippen LogP contribution in [-0.2, 0) is 10.0 Å². The molecule has 0 aliphatic carbocycles. The number of nitrogens with zero attached hydrogens (tertiary/aromatic N) is 1. The number of methoxy groups -OCH3 is 4. The summed E-state index contributed by atoms with van der Waals surface area (Å²) in [6.45, 7) is 1.91. The Kier molecular flexibility index (Phi) is 6.90. The first-order valence-electron chi connectivity index (χ1n) is 10.9. The van der Waals surface area contributed by atoms with Gasteiger partial charge in [0, 0.05) is 5.56 Å². The summed E-state index contributed by atoms with van der Waals surface area (Å²) < 4.78 is 50.3. The molecular formula is C26H28N2O6S. The van der Waals surface area contributed by atoms with Crippen molar-refractivity contribution >= 4 is 15.7 Å². The fourth-order valence-electron chi connectivity index (χ4n) is 3.92. The summed E-state index contributed by atoms with van der Waals surface area (Å²) in [5, 5.41) is 0. The molecule has 1 N–H and O–H groups in total. The molecule has 1 atom stereocenters. The minimum Gasteiger partial charge on any atom is -0.493 e. The van der Waals surface area contributed by atoms with Crippen LogP contribution in [-0.4, -0.2) is 41.3 Å². The van der Waals surface area contributed by atoms with Crippen molar-refractivity contribution in [3.05, 3.63) is 83.4 Å². The summed E-state index contributed by atoms with van der Waals surface area (Å²) in [6, 6.07) is 16.9. The lowest BCUT2D eigenvalue weighted by Crippen LogP contribution is -2.39. The number of aryl methyl sites for hydroxylation is 1. The number of sulfonamides is 1. The van der Waals surface area contributed by atoms with Gasteiger partial charge in [-0.2, -0.15) is 0 Å². The Morgan fingerprint density at radius 1 is 0.743 bits per heavy atom. The molecular weight excluding hydrogens is 468 g/mol. The van der Waals surface area contributed by atoms with Crippen LogP contribution in [0.1, 0.15) is 22.7 Å². The van der Waals surface area contributed by atoms with Crippen LogP contribution in [0.4, 0.5) is 0 Å². The Labute approximate surface area is 205 Å². The zero-order valence-electron chi connectivity index (χ0n) is 20.2. The van der Waals surface area contributed by atoms with Gasteiger partial charge in [0.2, 0.25) is 0 Å². The highest BCUT2D eigenvalue weighted by molar-refractivity contribution is 7.89. The van der Waals surface area contributed by atoms with Crippen LogP contribution >= 0.6 is 0 Å². The smallest absolute Gasteiger partial charge is 0.260 e. The molecule has 0 saturated carbocycles. The van der Waals surface area contributed by atoms with Crippen LogP contribution in [0, 0.1) is 6.92 Å². The average molecular weight is 497 g/mol. The molecule has 4 rings (SSSR count). The van der Waals surface area contributed by atoms with Crippen molar-refractivity contribution in [3.63, 3.8) is 0 Å². The summed E-state index contributed by atoms with van der Waals surface area (Å²) in [5.41, 5.74) is 6.14. The van der Waals surface area contributed by atoms with Crippen LogP contribution in [0.2, 0.25) is 0 Å². The monoisotopic (exact) mass is 496 g/mol. The van der Waals surface area contributed by atoms with E-state index < -0.39 is 16.1 Å². The van der Waals surface area contributed by atoms with E-state index in [9.17, 15) is 8.42 Å². The minimum absolute atomic E-state index is 0.183. The molecule has 0 amide bonds. The quantitative estimate of drug-likeness (QED) is 0.497. The predicted molar refractivity (Wildman–Crippen MR) is 133 cm³/mol. The third-order valence-electron chi connectivity index (χ3n) is 5.83. The van der Waals surface area contributed by atoms with Gasteiger partial charge >= 0.3 is 0 Å². The molecule has 1 aliphatic rings. The van der Waals surface area contributed by atoms with E-state index in [0.29, 0.717) is 34.3 Å². The minimum atomic E-state index is -3.92. The second-order valence-corrected chi connectivity index (χ2v) is 9.75. The Bertz CT molecular complexity index is 1350. The van der Waals surface area contributed by atoms with Crippen LogP contribution in [0.5, 0.6) is 23.0 Å². The zero-order chi connectivity index (χ0) is 25.2. The standard InChI is InChI=1S/C26H28N2O6S/c1-17-6-10-20(11-7-17)35(29,30)28-22(19-9-13-24(32-3)26(15-19)34-5)16-21(27-28)18-8-12-23(31-2)25(14-18)33-4/h6-16,22,27H,1-5H3/t22-/m0/s1. The van der Waals surface area contributed by atoms with Crippen molar-refractivity contribution in [2.75, 3.05) is 28.4 Å². The Hall–Kier alpha value is -3.69. The number of rotatable bonds is 8. The van der Waals surface area contributed by atoms with Crippen LogP contribution in [0.25, 0.3) is 5.70 Å². The summed E-state index contributed by atoms with van der Waals surface area (Å²) in [6.07, 6.45) is 1.86. The molecule has 35 heavy (non-hydrogen) atoms. The van der Waals surface area contributed by atoms with Gasteiger partial charge in [0.15, 0.2) is 23.0 Å².